The summed E-state index contributed by atoms with van der Waals surface area (Å²) in [6.07, 6.45) is 6.47. The summed E-state index contributed by atoms with van der Waals surface area (Å²) in [5.41, 5.74) is 5.80. The van der Waals surface area contributed by atoms with Crippen molar-refractivity contribution in [1.29, 1.82) is 0 Å². The zero-order chi connectivity index (χ0) is 13.7. The van der Waals surface area contributed by atoms with Crippen molar-refractivity contribution in [2.45, 2.75) is 51.0 Å². The van der Waals surface area contributed by atoms with Gasteiger partial charge in [0.2, 0.25) is 11.8 Å². The van der Waals surface area contributed by atoms with Crippen molar-refractivity contribution < 1.29 is 9.59 Å². The molecule has 1 aliphatic heterocycles. The van der Waals surface area contributed by atoms with Crippen molar-refractivity contribution in [3.05, 3.63) is 0 Å². The number of piperidine rings is 1. The standard InChI is InChI=1S/C14H25N3O2.ClH/c15-12-5-4-11(10-12)14(19)16-7-6-13(18)17-8-2-1-3-9-17;/h11-12H,1-10,15H2,(H,16,19);1H. The molecule has 2 unspecified atom stereocenters. The lowest BCUT2D eigenvalue weighted by atomic mass is 10.1. The van der Waals surface area contributed by atoms with Crippen LogP contribution >= 0.6 is 12.4 Å². The van der Waals surface area contributed by atoms with Crippen LogP contribution in [0.5, 0.6) is 0 Å². The third-order valence-electron chi connectivity index (χ3n) is 4.19. The van der Waals surface area contributed by atoms with Gasteiger partial charge < -0.3 is 16.0 Å². The molecule has 0 spiro atoms. The molecule has 2 aliphatic rings. The molecule has 0 aromatic rings. The van der Waals surface area contributed by atoms with Crippen LogP contribution in [0.2, 0.25) is 0 Å². The Hall–Kier alpha value is -0.810. The van der Waals surface area contributed by atoms with Crippen LogP contribution < -0.4 is 11.1 Å². The van der Waals surface area contributed by atoms with Crippen LogP contribution in [-0.2, 0) is 9.59 Å². The molecule has 5 nitrogen and oxygen atoms in total. The fraction of sp³-hybridized carbons (Fsp3) is 0.857. The van der Waals surface area contributed by atoms with Gasteiger partial charge in [-0.2, -0.15) is 0 Å². The van der Waals surface area contributed by atoms with E-state index >= 15 is 0 Å². The van der Waals surface area contributed by atoms with Gasteiger partial charge in [0.15, 0.2) is 0 Å². The molecule has 1 saturated carbocycles. The van der Waals surface area contributed by atoms with Gasteiger partial charge in [0.25, 0.3) is 0 Å². The van der Waals surface area contributed by atoms with Crippen molar-refractivity contribution >= 4 is 24.2 Å². The van der Waals surface area contributed by atoms with E-state index in [1.54, 1.807) is 0 Å². The van der Waals surface area contributed by atoms with Gasteiger partial charge in [-0.05, 0) is 38.5 Å². The zero-order valence-electron chi connectivity index (χ0n) is 12.0. The Kier molecular flexibility index (Phi) is 7.30. The number of rotatable bonds is 4. The molecular formula is C14H26ClN3O2. The largest absolute Gasteiger partial charge is 0.355 e. The van der Waals surface area contributed by atoms with E-state index in [0.29, 0.717) is 13.0 Å². The highest BCUT2D eigenvalue weighted by Gasteiger charge is 2.27. The number of hydrogen-bond acceptors (Lipinski definition) is 3. The number of carbonyl (C=O) groups excluding carboxylic acids is 2. The highest BCUT2D eigenvalue weighted by molar-refractivity contribution is 5.85. The minimum Gasteiger partial charge on any atom is -0.355 e. The minimum absolute atomic E-state index is 0. The summed E-state index contributed by atoms with van der Waals surface area (Å²) >= 11 is 0. The van der Waals surface area contributed by atoms with Gasteiger partial charge in [0, 0.05) is 38.0 Å². The summed E-state index contributed by atoms with van der Waals surface area (Å²) in [4.78, 5) is 25.7. The first-order valence-electron chi connectivity index (χ1n) is 7.48. The van der Waals surface area contributed by atoms with Gasteiger partial charge in [0.05, 0.1) is 0 Å². The number of carbonyl (C=O) groups is 2. The molecule has 6 heteroatoms. The van der Waals surface area contributed by atoms with E-state index in [4.69, 9.17) is 5.73 Å². The topological polar surface area (TPSA) is 75.4 Å². The molecule has 2 amide bonds. The Labute approximate surface area is 127 Å². The molecule has 0 bridgehead atoms. The molecule has 0 aromatic heterocycles. The summed E-state index contributed by atoms with van der Waals surface area (Å²) < 4.78 is 0. The van der Waals surface area contributed by atoms with Crippen molar-refractivity contribution in [2.24, 2.45) is 11.7 Å². The number of nitrogens with one attached hydrogen (secondary N) is 1. The van der Waals surface area contributed by atoms with Gasteiger partial charge in [-0.25, -0.2) is 0 Å². The second-order valence-corrected chi connectivity index (χ2v) is 5.75. The molecule has 1 aliphatic carbocycles. The van der Waals surface area contributed by atoms with Crippen LogP contribution in [-0.4, -0.2) is 42.4 Å². The number of halogens is 1. The summed E-state index contributed by atoms with van der Waals surface area (Å²) in [7, 11) is 0. The molecule has 1 heterocycles. The van der Waals surface area contributed by atoms with Crippen LogP contribution in [0.25, 0.3) is 0 Å². The summed E-state index contributed by atoms with van der Waals surface area (Å²) in [5.74, 6) is 0.294. The van der Waals surface area contributed by atoms with Gasteiger partial charge in [-0.15, -0.1) is 12.4 Å². The molecule has 20 heavy (non-hydrogen) atoms. The Morgan fingerprint density at radius 1 is 1.15 bits per heavy atom. The monoisotopic (exact) mass is 303 g/mol. The first kappa shape index (κ1) is 17.2. The lowest BCUT2D eigenvalue weighted by Crippen LogP contribution is -2.38. The minimum atomic E-state index is 0. The molecule has 0 radical (unpaired) electrons. The van der Waals surface area contributed by atoms with E-state index in [-0.39, 0.29) is 36.2 Å². The van der Waals surface area contributed by atoms with E-state index in [1.165, 1.54) is 6.42 Å². The number of nitrogens with zero attached hydrogens (tertiary/aromatic N) is 1. The van der Waals surface area contributed by atoms with Crippen LogP contribution in [0, 0.1) is 5.92 Å². The maximum absolute atomic E-state index is 11.9. The predicted octanol–water partition coefficient (Wildman–Crippen LogP) is 1.05. The third-order valence-corrected chi connectivity index (χ3v) is 4.19. The third kappa shape index (κ3) is 4.94. The highest BCUT2D eigenvalue weighted by Crippen LogP contribution is 2.23. The first-order valence-corrected chi connectivity index (χ1v) is 7.48. The fourth-order valence-corrected chi connectivity index (χ4v) is 2.99. The predicted molar refractivity (Wildman–Crippen MR) is 80.6 cm³/mol. The molecule has 0 aromatic carbocycles. The van der Waals surface area contributed by atoms with Crippen LogP contribution in [0.1, 0.15) is 44.9 Å². The van der Waals surface area contributed by atoms with E-state index in [0.717, 1.165) is 45.2 Å². The molecule has 3 N–H and O–H groups in total. The van der Waals surface area contributed by atoms with Crippen molar-refractivity contribution in [1.82, 2.24) is 10.2 Å². The quantitative estimate of drug-likeness (QED) is 0.815. The molecule has 2 fully saturated rings. The average molecular weight is 304 g/mol. The molecule has 2 rings (SSSR count). The average Bonchev–Trinajstić information content (AvgIpc) is 2.86. The lowest BCUT2D eigenvalue weighted by molar-refractivity contribution is -0.132. The van der Waals surface area contributed by atoms with Gasteiger partial charge in [-0.1, -0.05) is 0 Å². The van der Waals surface area contributed by atoms with Crippen molar-refractivity contribution in [2.75, 3.05) is 19.6 Å². The van der Waals surface area contributed by atoms with E-state index < -0.39 is 0 Å². The second kappa shape index (κ2) is 8.47. The van der Waals surface area contributed by atoms with Gasteiger partial charge in [0.1, 0.15) is 0 Å². The van der Waals surface area contributed by atoms with Crippen LogP contribution in [0.4, 0.5) is 0 Å². The van der Waals surface area contributed by atoms with Crippen molar-refractivity contribution in [3.8, 4) is 0 Å². The Morgan fingerprint density at radius 3 is 2.45 bits per heavy atom. The molecule has 116 valence electrons. The van der Waals surface area contributed by atoms with Crippen LogP contribution in [0.3, 0.4) is 0 Å². The van der Waals surface area contributed by atoms with Gasteiger partial charge >= 0.3 is 0 Å². The van der Waals surface area contributed by atoms with Gasteiger partial charge in [-0.3, -0.25) is 9.59 Å². The molecule has 1 saturated heterocycles. The SMILES string of the molecule is Cl.NC1CCC(C(=O)NCCC(=O)N2CCCCC2)C1. The summed E-state index contributed by atoms with van der Waals surface area (Å²) in [5, 5.41) is 2.87. The Bertz CT molecular complexity index is 316. The maximum atomic E-state index is 11.9. The Balaban J connectivity index is 0.00000200. The van der Waals surface area contributed by atoms with Crippen molar-refractivity contribution in [3.63, 3.8) is 0 Å². The molecular weight excluding hydrogens is 278 g/mol. The lowest BCUT2D eigenvalue weighted by Gasteiger charge is -2.26. The zero-order valence-corrected chi connectivity index (χ0v) is 12.8. The molecule has 2 atom stereocenters. The summed E-state index contributed by atoms with van der Waals surface area (Å²) in [6, 6.07) is 0.172. The second-order valence-electron chi connectivity index (χ2n) is 5.75. The normalized spacial score (nSPS) is 25.9. The van der Waals surface area contributed by atoms with E-state index in [2.05, 4.69) is 5.32 Å². The number of nitrogens with two attached hydrogens (primary N) is 1. The smallest absolute Gasteiger partial charge is 0.224 e. The Morgan fingerprint density at radius 2 is 1.85 bits per heavy atom. The van der Waals surface area contributed by atoms with E-state index in [9.17, 15) is 9.59 Å². The fourth-order valence-electron chi connectivity index (χ4n) is 2.99. The number of hydrogen-bond donors (Lipinski definition) is 2. The van der Waals surface area contributed by atoms with E-state index in [1.807, 2.05) is 4.90 Å². The first-order chi connectivity index (χ1) is 9.16. The highest BCUT2D eigenvalue weighted by atomic mass is 35.5. The van der Waals surface area contributed by atoms with Crippen LogP contribution in [0.15, 0.2) is 0 Å². The summed E-state index contributed by atoms with van der Waals surface area (Å²) in [6.45, 7) is 2.22. The number of likely N-dealkylation sites (tertiary alicyclic amines) is 1. The number of amides is 2. The maximum Gasteiger partial charge on any atom is 0.224 e.